The van der Waals surface area contributed by atoms with Crippen molar-refractivity contribution in [2.24, 2.45) is 0 Å². The summed E-state index contributed by atoms with van der Waals surface area (Å²) in [5.41, 5.74) is 5.12. The van der Waals surface area contributed by atoms with E-state index in [2.05, 4.69) is 15.9 Å². The first-order valence-corrected chi connectivity index (χ1v) is 3.83. The molecule has 1 rings (SSSR count). The summed E-state index contributed by atoms with van der Waals surface area (Å²) in [7, 11) is 0. The molecule has 4 nitrogen and oxygen atoms in total. The number of rotatable bonds is 1. The number of hydrogen-bond donors (Lipinski definition) is 3. The first kappa shape index (κ1) is 8.86. The lowest BCUT2D eigenvalue weighted by atomic mass is 10.1. The van der Waals surface area contributed by atoms with Gasteiger partial charge in [-0.15, -0.1) is 0 Å². The van der Waals surface area contributed by atoms with Crippen molar-refractivity contribution < 1.29 is 15.0 Å². The van der Waals surface area contributed by atoms with E-state index in [-0.39, 0.29) is 17.0 Å². The smallest absolute Gasteiger partial charge is 0.341 e. The van der Waals surface area contributed by atoms with Crippen LogP contribution in [0.1, 0.15) is 10.4 Å². The van der Waals surface area contributed by atoms with Crippen LogP contribution in [0.5, 0.6) is 5.75 Å². The highest BCUT2D eigenvalue weighted by Crippen LogP contribution is 2.28. The van der Waals surface area contributed by atoms with Gasteiger partial charge in [-0.2, -0.15) is 0 Å². The lowest BCUT2D eigenvalue weighted by molar-refractivity contribution is 0.0695. The summed E-state index contributed by atoms with van der Waals surface area (Å²) >= 11 is 3.06. The second-order valence-corrected chi connectivity index (χ2v) is 3.11. The van der Waals surface area contributed by atoms with E-state index in [0.717, 1.165) is 0 Å². The van der Waals surface area contributed by atoms with Gasteiger partial charge in [0.1, 0.15) is 11.3 Å². The van der Waals surface area contributed by atoms with Crippen LogP contribution in [0.15, 0.2) is 16.6 Å². The second-order valence-electron chi connectivity index (χ2n) is 2.19. The molecule has 0 aliphatic rings. The fourth-order valence-corrected chi connectivity index (χ4v) is 1.31. The Morgan fingerprint density at radius 2 is 2.08 bits per heavy atom. The van der Waals surface area contributed by atoms with Crippen molar-refractivity contribution in [2.75, 3.05) is 5.73 Å². The van der Waals surface area contributed by atoms with Crippen molar-refractivity contribution in [3.63, 3.8) is 0 Å². The Hall–Kier alpha value is -1.23. The zero-order valence-corrected chi connectivity index (χ0v) is 7.50. The summed E-state index contributed by atoms with van der Waals surface area (Å²) in [4.78, 5) is 10.5. The number of halogens is 1. The number of carboxylic acid groups (broad SMARTS) is 1. The maximum Gasteiger partial charge on any atom is 0.341 e. The van der Waals surface area contributed by atoms with E-state index in [9.17, 15) is 4.79 Å². The third kappa shape index (κ3) is 1.50. The molecule has 0 bridgehead atoms. The molecule has 1 aromatic rings. The molecule has 0 fully saturated rings. The van der Waals surface area contributed by atoms with Gasteiger partial charge in [0.15, 0.2) is 0 Å². The quantitative estimate of drug-likeness (QED) is 0.639. The lowest BCUT2D eigenvalue weighted by Gasteiger charge is -2.03. The van der Waals surface area contributed by atoms with Crippen LogP contribution < -0.4 is 5.73 Å². The highest BCUT2D eigenvalue weighted by molar-refractivity contribution is 9.10. The van der Waals surface area contributed by atoms with Gasteiger partial charge in [0.25, 0.3) is 0 Å². The number of aromatic hydroxyl groups is 1. The van der Waals surface area contributed by atoms with Crippen molar-refractivity contribution in [2.45, 2.75) is 0 Å². The molecule has 0 radical (unpaired) electrons. The van der Waals surface area contributed by atoms with Gasteiger partial charge in [-0.3, -0.25) is 0 Å². The molecule has 5 heteroatoms. The number of nitrogens with two attached hydrogens (primary N) is 1. The van der Waals surface area contributed by atoms with Gasteiger partial charge in [-0.25, -0.2) is 4.79 Å². The van der Waals surface area contributed by atoms with Crippen LogP contribution in [-0.4, -0.2) is 16.2 Å². The Bertz CT molecular complexity index is 314. The molecule has 12 heavy (non-hydrogen) atoms. The number of carboxylic acids is 1. The van der Waals surface area contributed by atoms with Crippen molar-refractivity contribution in [1.82, 2.24) is 0 Å². The minimum Gasteiger partial charge on any atom is -0.507 e. The van der Waals surface area contributed by atoms with E-state index in [1.807, 2.05) is 0 Å². The molecule has 0 spiro atoms. The third-order valence-electron chi connectivity index (χ3n) is 1.33. The number of aromatic carboxylic acids is 1. The topological polar surface area (TPSA) is 83.5 Å². The molecule has 0 saturated carbocycles. The van der Waals surface area contributed by atoms with Gasteiger partial charge in [0.05, 0.1) is 5.69 Å². The van der Waals surface area contributed by atoms with E-state index in [0.29, 0.717) is 4.47 Å². The van der Waals surface area contributed by atoms with E-state index in [1.54, 1.807) is 0 Å². The standard InChI is InChI=1S/C7H6BrNO3/c8-3-1-4(9)6(7(11)12)5(10)2-3/h1-2,10H,9H2,(H,11,12). The number of carbonyl (C=O) groups is 1. The van der Waals surface area contributed by atoms with Gasteiger partial charge in [0, 0.05) is 4.47 Å². The molecule has 64 valence electrons. The van der Waals surface area contributed by atoms with Crippen molar-refractivity contribution in [1.29, 1.82) is 0 Å². The average Bonchev–Trinajstić information content (AvgIpc) is 1.82. The van der Waals surface area contributed by atoms with E-state index < -0.39 is 5.97 Å². The predicted octanol–water partition coefficient (Wildman–Crippen LogP) is 1.44. The summed E-state index contributed by atoms with van der Waals surface area (Å²) < 4.78 is 0.544. The normalized spacial score (nSPS) is 9.75. The van der Waals surface area contributed by atoms with E-state index >= 15 is 0 Å². The van der Waals surface area contributed by atoms with Crippen LogP contribution in [0.2, 0.25) is 0 Å². The lowest BCUT2D eigenvalue weighted by Crippen LogP contribution is -2.02. The SMILES string of the molecule is Nc1cc(Br)cc(O)c1C(=O)O. The van der Waals surface area contributed by atoms with Crippen LogP contribution in [-0.2, 0) is 0 Å². The number of hydrogen-bond acceptors (Lipinski definition) is 3. The fourth-order valence-electron chi connectivity index (χ4n) is 0.846. The average molecular weight is 232 g/mol. The highest BCUT2D eigenvalue weighted by Gasteiger charge is 2.13. The summed E-state index contributed by atoms with van der Waals surface area (Å²) in [6.07, 6.45) is 0. The zero-order valence-electron chi connectivity index (χ0n) is 5.91. The zero-order chi connectivity index (χ0) is 9.30. The van der Waals surface area contributed by atoms with Crippen molar-refractivity contribution >= 4 is 27.6 Å². The van der Waals surface area contributed by atoms with Crippen molar-refractivity contribution in [3.05, 3.63) is 22.2 Å². The van der Waals surface area contributed by atoms with Crippen LogP contribution in [0.3, 0.4) is 0 Å². The Labute approximate surface area is 76.8 Å². The molecule has 0 atom stereocenters. The number of benzene rings is 1. The molecule has 4 N–H and O–H groups in total. The molecular weight excluding hydrogens is 226 g/mol. The third-order valence-corrected chi connectivity index (χ3v) is 1.78. The number of phenols is 1. The Balaban J connectivity index is 3.38. The molecule has 0 unspecified atom stereocenters. The minimum atomic E-state index is -1.24. The fraction of sp³-hybridized carbons (Fsp3) is 0. The monoisotopic (exact) mass is 231 g/mol. The Morgan fingerprint density at radius 3 is 2.50 bits per heavy atom. The minimum absolute atomic E-state index is 0.0365. The first-order valence-electron chi connectivity index (χ1n) is 3.03. The maximum absolute atomic E-state index is 10.5. The first-order chi connectivity index (χ1) is 5.52. The molecule has 0 aromatic heterocycles. The summed E-state index contributed by atoms with van der Waals surface area (Å²) in [5, 5.41) is 17.7. The van der Waals surface area contributed by atoms with Crippen LogP contribution in [0.4, 0.5) is 5.69 Å². The molecule has 0 heterocycles. The number of anilines is 1. The second kappa shape index (κ2) is 3.02. The summed E-state index contributed by atoms with van der Waals surface area (Å²) in [5.74, 6) is -1.58. The van der Waals surface area contributed by atoms with Gasteiger partial charge in [-0.1, -0.05) is 15.9 Å². The molecule has 0 aliphatic heterocycles. The van der Waals surface area contributed by atoms with Crippen LogP contribution >= 0.6 is 15.9 Å². The number of nitrogen functional groups attached to an aromatic ring is 1. The molecule has 0 amide bonds. The molecule has 1 aromatic carbocycles. The largest absolute Gasteiger partial charge is 0.507 e. The Kier molecular flexibility index (Phi) is 2.23. The maximum atomic E-state index is 10.5. The molecule has 0 aliphatic carbocycles. The van der Waals surface area contributed by atoms with E-state index in [1.165, 1.54) is 12.1 Å². The summed E-state index contributed by atoms with van der Waals surface area (Å²) in [6.45, 7) is 0. The van der Waals surface area contributed by atoms with Gasteiger partial charge >= 0.3 is 5.97 Å². The summed E-state index contributed by atoms with van der Waals surface area (Å²) in [6, 6.07) is 2.70. The highest BCUT2D eigenvalue weighted by atomic mass is 79.9. The van der Waals surface area contributed by atoms with Gasteiger partial charge < -0.3 is 15.9 Å². The Morgan fingerprint density at radius 1 is 1.50 bits per heavy atom. The van der Waals surface area contributed by atoms with Crippen molar-refractivity contribution in [3.8, 4) is 5.75 Å². The van der Waals surface area contributed by atoms with E-state index in [4.69, 9.17) is 15.9 Å². The predicted molar refractivity (Wildman–Crippen MR) is 47.2 cm³/mol. The molecule has 0 saturated heterocycles. The van der Waals surface area contributed by atoms with Gasteiger partial charge in [0.2, 0.25) is 0 Å². The van der Waals surface area contributed by atoms with Gasteiger partial charge in [-0.05, 0) is 12.1 Å². The van der Waals surface area contributed by atoms with Crippen LogP contribution in [0.25, 0.3) is 0 Å². The van der Waals surface area contributed by atoms with Crippen LogP contribution in [0, 0.1) is 0 Å². The molecular formula is C7H6BrNO3.